The number of benzene rings is 1. The molecule has 4 rings (SSSR count). The van der Waals surface area contributed by atoms with Gasteiger partial charge < -0.3 is 9.80 Å². The number of likely N-dealkylation sites (tertiary alicyclic amines) is 1. The number of hydrogen-bond acceptors (Lipinski definition) is 4. The zero-order valence-electron chi connectivity index (χ0n) is 14.1. The molecular formula is C19H23N3OS. The Kier molecular flexibility index (Phi) is 4.12. The van der Waals surface area contributed by atoms with Gasteiger partial charge in [-0.05, 0) is 23.8 Å². The number of hydrogen-bond donors (Lipinski definition) is 0. The molecule has 1 atom stereocenters. The van der Waals surface area contributed by atoms with E-state index in [1.165, 1.54) is 5.56 Å². The van der Waals surface area contributed by atoms with Gasteiger partial charge in [0.2, 0.25) is 5.91 Å². The lowest BCUT2D eigenvalue weighted by molar-refractivity contribution is -0.132. The molecule has 5 heteroatoms. The molecule has 3 aliphatic rings. The minimum Gasteiger partial charge on any atom is -0.341 e. The summed E-state index contributed by atoms with van der Waals surface area (Å²) in [6, 6.07) is 10.6. The monoisotopic (exact) mass is 341 g/mol. The van der Waals surface area contributed by atoms with Crippen LogP contribution in [0.15, 0.2) is 46.4 Å². The standard InChI is InChI=1S/C19H23N3OS/c1-19(15-6-3-2-4-7-15)8-5-10-21(14-19)17(23)12-16-13-24-18-20-9-11-22(16)18/h2-4,6-7,13H,5,8-12,14H2,1H3/t19-/m0/s1. The van der Waals surface area contributed by atoms with Gasteiger partial charge in [0.1, 0.15) is 0 Å². The third kappa shape index (κ3) is 2.86. The zero-order chi connectivity index (χ0) is 16.6. The number of carbonyl (C=O) groups excluding carboxylic acids is 1. The zero-order valence-corrected chi connectivity index (χ0v) is 14.9. The normalized spacial score (nSPS) is 26.2. The first-order valence-corrected chi connectivity index (χ1v) is 9.55. The van der Waals surface area contributed by atoms with Crippen molar-refractivity contribution in [2.75, 3.05) is 26.2 Å². The first-order chi connectivity index (χ1) is 11.7. The number of fused-ring (bicyclic) bond motifs is 1. The number of amides is 1. The van der Waals surface area contributed by atoms with E-state index in [1.807, 2.05) is 0 Å². The summed E-state index contributed by atoms with van der Waals surface area (Å²) in [5.41, 5.74) is 2.52. The predicted octanol–water partition coefficient (Wildman–Crippen LogP) is 3.22. The van der Waals surface area contributed by atoms with Crippen molar-refractivity contribution >= 4 is 22.8 Å². The third-order valence-corrected chi connectivity index (χ3v) is 6.25. The number of thioether (sulfide) groups is 1. The minimum atomic E-state index is 0.0637. The van der Waals surface area contributed by atoms with E-state index < -0.39 is 0 Å². The van der Waals surface area contributed by atoms with Crippen molar-refractivity contribution in [1.29, 1.82) is 0 Å². The molecule has 4 nitrogen and oxygen atoms in total. The maximum Gasteiger partial charge on any atom is 0.228 e. The summed E-state index contributed by atoms with van der Waals surface area (Å²) in [5, 5.41) is 3.15. The summed E-state index contributed by atoms with van der Waals surface area (Å²) in [6.45, 7) is 5.75. The smallest absolute Gasteiger partial charge is 0.228 e. The van der Waals surface area contributed by atoms with Crippen molar-refractivity contribution in [2.24, 2.45) is 4.99 Å². The molecule has 1 amide bonds. The lowest BCUT2D eigenvalue weighted by atomic mass is 9.76. The second-order valence-electron chi connectivity index (χ2n) is 7.07. The van der Waals surface area contributed by atoms with Gasteiger partial charge in [-0.2, -0.15) is 0 Å². The molecule has 0 radical (unpaired) electrons. The van der Waals surface area contributed by atoms with Crippen LogP contribution >= 0.6 is 11.8 Å². The van der Waals surface area contributed by atoms with E-state index >= 15 is 0 Å². The van der Waals surface area contributed by atoms with Crippen LogP contribution in [-0.2, 0) is 10.2 Å². The highest BCUT2D eigenvalue weighted by Gasteiger charge is 2.35. The first-order valence-electron chi connectivity index (χ1n) is 8.67. The van der Waals surface area contributed by atoms with Crippen LogP contribution in [0, 0.1) is 0 Å². The van der Waals surface area contributed by atoms with Crippen LogP contribution in [0.3, 0.4) is 0 Å². The van der Waals surface area contributed by atoms with Crippen molar-refractivity contribution in [3.63, 3.8) is 0 Å². The molecule has 0 saturated carbocycles. The summed E-state index contributed by atoms with van der Waals surface area (Å²) in [4.78, 5) is 21.6. The summed E-state index contributed by atoms with van der Waals surface area (Å²) in [7, 11) is 0. The molecule has 1 aromatic rings. The predicted molar refractivity (Wildman–Crippen MR) is 98.9 cm³/mol. The van der Waals surface area contributed by atoms with E-state index in [2.05, 4.69) is 57.5 Å². The van der Waals surface area contributed by atoms with Gasteiger partial charge in [0, 0.05) is 30.7 Å². The fourth-order valence-electron chi connectivity index (χ4n) is 3.91. The Hall–Kier alpha value is -1.75. The highest BCUT2D eigenvalue weighted by molar-refractivity contribution is 8.16. The molecular weight excluding hydrogens is 318 g/mol. The summed E-state index contributed by atoms with van der Waals surface area (Å²) in [6.07, 6.45) is 2.71. The van der Waals surface area contributed by atoms with Crippen molar-refractivity contribution in [3.8, 4) is 0 Å². The van der Waals surface area contributed by atoms with Gasteiger partial charge in [-0.15, -0.1) is 0 Å². The van der Waals surface area contributed by atoms with Crippen LogP contribution in [0.4, 0.5) is 0 Å². The molecule has 0 N–H and O–H groups in total. The van der Waals surface area contributed by atoms with E-state index in [0.717, 1.165) is 49.9 Å². The fourth-order valence-corrected chi connectivity index (χ4v) is 4.86. The number of nitrogens with zero attached hydrogens (tertiary/aromatic N) is 3. The maximum atomic E-state index is 12.9. The minimum absolute atomic E-state index is 0.0637. The number of piperidine rings is 1. The first kappa shape index (κ1) is 15.8. The molecule has 0 spiro atoms. The van der Waals surface area contributed by atoms with Crippen LogP contribution in [0.5, 0.6) is 0 Å². The maximum absolute atomic E-state index is 12.9. The van der Waals surface area contributed by atoms with E-state index in [9.17, 15) is 4.79 Å². The van der Waals surface area contributed by atoms with Crippen LogP contribution in [-0.4, -0.2) is 47.1 Å². The molecule has 0 aliphatic carbocycles. The van der Waals surface area contributed by atoms with Crippen molar-refractivity contribution < 1.29 is 4.79 Å². The Bertz CT molecular complexity index is 700. The molecule has 1 fully saturated rings. The topological polar surface area (TPSA) is 35.9 Å². The van der Waals surface area contributed by atoms with Crippen LogP contribution in [0.1, 0.15) is 31.7 Å². The Balaban J connectivity index is 1.44. The Morgan fingerprint density at radius 3 is 2.96 bits per heavy atom. The van der Waals surface area contributed by atoms with Gasteiger partial charge in [-0.3, -0.25) is 9.79 Å². The van der Waals surface area contributed by atoms with E-state index in [4.69, 9.17) is 0 Å². The summed E-state index contributed by atoms with van der Waals surface area (Å²) < 4.78 is 0. The van der Waals surface area contributed by atoms with Crippen LogP contribution in [0.25, 0.3) is 0 Å². The Morgan fingerprint density at radius 2 is 2.12 bits per heavy atom. The van der Waals surface area contributed by atoms with Crippen molar-refractivity contribution in [2.45, 2.75) is 31.6 Å². The fraction of sp³-hybridized carbons (Fsp3) is 0.474. The molecule has 3 aliphatic heterocycles. The van der Waals surface area contributed by atoms with Crippen molar-refractivity contribution in [1.82, 2.24) is 9.80 Å². The largest absolute Gasteiger partial charge is 0.341 e. The van der Waals surface area contributed by atoms with Gasteiger partial charge >= 0.3 is 0 Å². The van der Waals surface area contributed by atoms with E-state index in [-0.39, 0.29) is 11.3 Å². The highest BCUT2D eigenvalue weighted by atomic mass is 32.2. The molecule has 126 valence electrons. The number of carbonyl (C=O) groups is 1. The number of rotatable bonds is 3. The van der Waals surface area contributed by atoms with Gasteiger partial charge in [-0.1, -0.05) is 49.0 Å². The number of amidine groups is 1. The average Bonchev–Trinajstić information content (AvgIpc) is 3.21. The highest BCUT2D eigenvalue weighted by Crippen LogP contribution is 2.35. The van der Waals surface area contributed by atoms with Gasteiger partial charge in [0.15, 0.2) is 5.17 Å². The summed E-state index contributed by atoms with van der Waals surface area (Å²) >= 11 is 1.65. The van der Waals surface area contributed by atoms with Crippen LogP contribution in [0.2, 0.25) is 0 Å². The SMILES string of the molecule is C[C@]1(c2ccccc2)CCCN(C(=O)CC2=CSC3=NCCN23)C1. The molecule has 3 heterocycles. The molecule has 24 heavy (non-hydrogen) atoms. The van der Waals surface area contributed by atoms with Gasteiger partial charge in [0.25, 0.3) is 0 Å². The van der Waals surface area contributed by atoms with E-state index in [1.54, 1.807) is 11.8 Å². The Labute approximate surface area is 147 Å². The number of aliphatic imine (C=N–C) groups is 1. The second-order valence-corrected chi connectivity index (χ2v) is 7.90. The molecule has 0 aromatic heterocycles. The van der Waals surface area contributed by atoms with Crippen LogP contribution < -0.4 is 0 Å². The molecule has 1 aromatic carbocycles. The lowest BCUT2D eigenvalue weighted by Crippen LogP contribution is -2.47. The van der Waals surface area contributed by atoms with E-state index in [0.29, 0.717) is 6.42 Å². The third-order valence-electron chi connectivity index (χ3n) is 5.30. The lowest BCUT2D eigenvalue weighted by Gasteiger charge is -2.41. The van der Waals surface area contributed by atoms with Gasteiger partial charge in [0.05, 0.1) is 13.0 Å². The Morgan fingerprint density at radius 1 is 1.29 bits per heavy atom. The van der Waals surface area contributed by atoms with Gasteiger partial charge in [-0.25, -0.2) is 0 Å². The summed E-state index contributed by atoms with van der Waals surface area (Å²) in [5.74, 6) is 0.247. The van der Waals surface area contributed by atoms with Crippen molar-refractivity contribution in [3.05, 3.63) is 47.0 Å². The second kappa shape index (κ2) is 6.28. The quantitative estimate of drug-likeness (QED) is 0.847. The molecule has 1 saturated heterocycles. The average molecular weight is 341 g/mol. The molecule has 0 unspecified atom stereocenters. The molecule has 0 bridgehead atoms.